The summed E-state index contributed by atoms with van der Waals surface area (Å²) in [6.45, 7) is 5.69. The summed E-state index contributed by atoms with van der Waals surface area (Å²) in [6.07, 6.45) is 18.5. The molecule has 10 heteroatoms. The average Bonchev–Trinajstić information content (AvgIpc) is 3.99. The second-order valence-electron chi connectivity index (χ2n) is 13.3. The van der Waals surface area contributed by atoms with E-state index in [0.717, 1.165) is 40.5 Å². The molecule has 6 heterocycles. The second kappa shape index (κ2) is 19.2. The molecule has 5 nitrogen and oxygen atoms in total. The number of carboxylic acids is 1. The summed E-state index contributed by atoms with van der Waals surface area (Å²) in [6, 6.07) is 15.4. The second-order valence-corrected chi connectivity index (χ2v) is 18.4. The van der Waals surface area contributed by atoms with E-state index in [1.54, 1.807) is 22.7 Å². The van der Waals surface area contributed by atoms with Crippen molar-refractivity contribution in [3.05, 3.63) is 63.4 Å². The molecule has 0 aliphatic carbocycles. The van der Waals surface area contributed by atoms with Crippen molar-refractivity contribution in [2.75, 3.05) is 13.2 Å². The lowest BCUT2D eigenvalue weighted by atomic mass is 10.0. The Morgan fingerprint density at radius 3 is 1.92 bits per heavy atom. The quantitative estimate of drug-likeness (QED) is 0.0482. The summed E-state index contributed by atoms with van der Waals surface area (Å²) < 4.78 is 11.8. The Labute approximate surface area is 328 Å². The van der Waals surface area contributed by atoms with Crippen LogP contribution in [0.2, 0.25) is 0 Å². The minimum absolute atomic E-state index is 0.229. The molecule has 0 saturated heterocycles. The topological polar surface area (TPSA) is 79.6 Å². The van der Waals surface area contributed by atoms with E-state index in [1.165, 1.54) is 122 Å². The molecular formula is C42H47NO4S5. The predicted molar refractivity (Wildman–Crippen MR) is 224 cm³/mol. The number of nitrogens with zero attached hydrogens (tertiary/aromatic N) is 1. The molecule has 0 spiro atoms. The maximum atomic E-state index is 11.7. The van der Waals surface area contributed by atoms with Gasteiger partial charge in [-0.1, -0.05) is 78.1 Å². The van der Waals surface area contributed by atoms with Crippen molar-refractivity contribution >= 4 is 68.7 Å². The molecule has 52 heavy (non-hydrogen) atoms. The SMILES string of the molecule is CCCCCCCCc1cc(/C=C(\C#N)C(=O)O)sc1-c1ccc(-c2sc(-c3ccc(-c4scc5c4OCCO5)s3)cc2CCCCCCCC)s1. The summed E-state index contributed by atoms with van der Waals surface area (Å²) in [4.78, 5) is 22.4. The van der Waals surface area contributed by atoms with Gasteiger partial charge in [0.1, 0.15) is 24.9 Å². The monoisotopic (exact) mass is 789 g/mol. The number of unbranched alkanes of at least 4 members (excludes halogenated alkanes) is 10. The number of hydrogen-bond acceptors (Lipinski definition) is 9. The Balaban J connectivity index is 1.29. The van der Waals surface area contributed by atoms with E-state index in [0.29, 0.717) is 13.2 Å². The van der Waals surface area contributed by atoms with Gasteiger partial charge in [-0.05, 0) is 79.3 Å². The third-order valence-electron chi connectivity index (χ3n) is 9.30. The zero-order chi connectivity index (χ0) is 36.3. The van der Waals surface area contributed by atoms with Crippen molar-refractivity contribution in [1.29, 1.82) is 5.26 Å². The van der Waals surface area contributed by atoms with Gasteiger partial charge >= 0.3 is 5.97 Å². The zero-order valence-electron chi connectivity index (χ0n) is 30.1. The molecule has 0 saturated carbocycles. The Kier molecular flexibility index (Phi) is 14.2. The number of ether oxygens (including phenoxy) is 2. The number of carbonyl (C=O) groups is 1. The molecule has 0 atom stereocenters. The average molecular weight is 790 g/mol. The van der Waals surface area contributed by atoms with Crippen molar-refractivity contribution in [2.45, 2.75) is 104 Å². The largest absolute Gasteiger partial charge is 0.485 e. The summed E-state index contributed by atoms with van der Waals surface area (Å²) in [7, 11) is 0. The molecule has 274 valence electrons. The normalized spacial score (nSPS) is 12.8. The van der Waals surface area contributed by atoms with E-state index in [2.05, 4.69) is 55.6 Å². The zero-order valence-corrected chi connectivity index (χ0v) is 34.2. The molecule has 0 fully saturated rings. The lowest BCUT2D eigenvalue weighted by Gasteiger charge is -2.15. The van der Waals surface area contributed by atoms with Crippen LogP contribution in [0, 0.1) is 11.3 Å². The third-order valence-corrected chi connectivity index (χ3v) is 15.4. The van der Waals surface area contributed by atoms with Crippen LogP contribution >= 0.6 is 56.7 Å². The minimum atomic E-state index is -1.19. The first kappa shape index (κ1) is 38.5. The molecular weight excluding hydrogens is 743 g/mol. The van der Waals surface area contributed by atoms with E-state index in [9.17, 15) is 15.2 Å². The van der Waals surface area contributed by atoms with Crippen molar-refractivity contribution in [3.63, 3.8) is 0 Å². The highest BCUT2D eigenvalue weighted by Gasteiger charge is 2.23. The fourth-order valence-electron chi connectivity index (χ4n) is 6.54. The molecule has 0 unspecified atom stereocenters. The van der Waals surface area contributed by atoms with Crippen LogP contribution in [0.5, 0.6) is 11.5 Å². The highest BCUT2D eigenvalue weighted by atomic mass is 32.1. The van der Waals surface area contributed by atoms with E-state index < -0.39 is 5.97 Å². The smallest absolute Gasteiger partial charge is 0.346 e. The molecule has 0 radical (unpaired) electrons. The fraction of sp³-hybridized carbons (Fsp3) is 0.429. The molecule has 0 amide bonds. The molecule has 0 aromatic carbocycles. The van der Waals surface area contributed by atoms with Crippen LogP contribution in [0.25, 0.3) is 45.1 Å². The number of aliphatic carboxylic acids is 1. The Hall–Kier alpha value is -3.20. The molecule has 5 aromatic rings. The van der Waals surface area contributed by atoms with Crippen LogP contribution in [-0.4, -0.2) is 24.3 Å². The Bertz CT molecular complexity index is 2000. The summed E-state index contributed by atoms with van der Waals surface area (Å²) in [5.41, 5.74) is 2.44. The first-order valence-corrected chi connectivity index (χ1v) is 22.8. The maximum Gasteiger partial charge on any atom is 0.346 e. The van der Waals surface area contributed by atoms with Crippen molar-refractivity contribution in [2.24, 2.45) is 0 Å². The van der Waals surface area contributed by atoms with Gasteiger partial charge in [-0.15, -0.1) is 56.7 Å². The third kappa shape index (κ3) is 9.66. The first-order chi connectivity index (χ1) is 25.5. The van der Waals surface area contributed by atoms with Gasteiger partial charge in [0.2, 0.25) is 0 Å². The number of carboxylic acid groups (broad SMARTS) is 1. The highest BCUT2D eigenvalue weighted by Crippen LogP contribution is 2.51. The van der Waals surface area contributed by atoms with Crippen LogP contribution in [0.1, 0.15) is 107 Å². The number of nitriles is 1. The van der Waals surface area contributed by atoms with Gasteiger partial charge in [0.25, 0.3) is 0 Å². The molecule has 1 aliphatic rings. The Morgan fingerprint density at radius 1 is 0.712 bits per heavy atom. The maximum absolute atomic E-state index is 11.7. The van der Waals surface area contributed by atoms with Gasteiger partial charge in [0, 0.05) is 44.4 Å². The van der Waals surface area contributed by atoms with Crippen molar-refractivity contribution in [3.8, 4) is 56.6 Å². The predicted octanol–water partition coefficient (Wildman–Crippen LogP) is 14.2. The van der Waals surface area contributed by atoms with Crippen LogP contribution in [0.3, 0.4) is 0 Å². The van der Waals surface area contributed by atoms with Crippen molar-refractivity contribution < 1.29 is 19.4 Å². The van der Waals surface area contributed by atoms with Crippen LogP contribution in [0.4, 0.5) is 0 Å². The van der Waals surface area contributed by atoms with Gasteiger partial charge in [-0.2, -0.15) is 5.26 Å². The van der Waals surface area contributed by atoms with E-state index in [1.807, 2.05) is 40.1 Å². The van der Waals surface area contributed by atoms with Crippen LogP contribution < -0.4 is 9.47 Å². The molecule has 1 N–H and O–H groups in total. The summed E-state index contributed by atoms with van der Waals surface area (Å²) in [5.74, 6) is 0.543. The van der Waals surface area contributed by atoms with Crippen molar-refractivity contribution in [1.82, 2.24) is 0 Å². The fourth-order valence-corrected chi connectivity index (χ4v) is 12.3. The van der Waals surface area contributed by atoms with E-state index in [4.69, 9.17) is 9.47 Å². The molecule has 0 bridgehead atoms. The van der Waals surface area contributed by atoms with E-state index >= 15 is 0 Å². The van der Waals surface area contributed by atoms with Gasteiger partial charge < -0.3 is 14.6 Å². The van der Waals surface area contributed by atoms with Gasteiger partial charge in [-0.25, -0.2) is 4.79 Å². The highest BCUT2D eigenvalue weighted by molar-refractivity contribution is 7.29. The number of aryl methyl sites for hydroxylation is 2. The summed E-state index contributed by atoms with van der Waals surface area (Å²) in [5, 5.41) is 21.0. The lowest BCUT2D eigenvalue weighted by molar-refractivity contribution is -0.132. The first-order valence-electron chi connectivity index (χ1n) is 18.7. The van der Waals surface area contributed by atoms with Gasteiger partial charge in [0.15, 0.2) is 11.5 Å². The number of hydrogen-bond donors (Lipinski definition) is 1. The summed E-state index contributed by atoms with van der Waals surface area (Å²) >= 11 is 8.84. The molecule has 6 rings (SSSR count). The standard InChI is InChI=1S/C42H47NO4S5/c1-3-5-7-9-11-13-15-28-23-31(24-30(26-43)42(44)45)49-39(28)34-19-20-35(51-34)40-29(16-14-12-10-8-6-4-2)25-37(52-40)33-17-18-36(50-33)41-38-32(27-48-41)46-21-22-47-38/h17-20,23-25,27H,3-16,21-22H2,1-2H3,(H,44,45)/b30-24+. The minimum Gasteiger partial charge on any atom is -0.485 e. The number of fused-ring (bicyclic) bond motifs is 1. The lowest BCUT2D eigenvalue weighted by Crippen LogP contribution is -2.14. The number of thiophene rings is 5. The molecule has 1 aliphatic heterocycles. The van der Waals surface area contributed by atoms with Gasteiger partial charge in [0.05, 0.1) is 4.88 Å². The Morgan fingerprint density at radius 2 is 1.27 bits per heavy atom. The van der Waals surface area contributed by atoms with E-state index in [-0.39, 0.29) is 5.57 Å². The van der Waals surface area contributed by atoms with Crippen LogP contribution in [0.15, 0.2) is 47.4 Å². The molecule has 5 aromatic heterocycles. The van der Waals surface area contributed by atoms with Crippen LogP contribution in [-0.2, 0) is 17.6 Å². The van der Waals surface area contributed by atoms with Gasteiger partial charge in [-0.3, -0.25) is 0 Å². The number of rotatable bonds is 20.